The Morgan fingerprint density at radius 2 is 2.29 bits per heavy atom. The smallest absolute Gasteiger partial charge is 0.277 e. The topological polar surface area (TPSA) is 77.2 Å². The summed E-state index contributed by atoms with van der Waals surface area (Å²) >= 11 is 2.97. The summed E-state index contributed by atoms with van der Waals surface area (Å²) in [6.07, 6.45) is 3.48. The number of aromatic nitrogens is 2. The van der Waals surface area contributed by atoms with Crippen molar-refractivity contribution in [1.82, 2.24) is 10.2 Å². The molecule has 0 aliphatic heterocycles. The Morgan fingerprint density at radius 3 is 3.14 bits per heavy atom. The van der Waals surface area contributed by atoms with Crippen LogP contribution in [0.4, 0.5) is 5.69 Å². The molecule has 2 heterocycles. The molecular weight excluding hydrogens is 394 g/mol. The molecule has 1 aliphatic rings. The number of hydrogen-bond donors (Lipinski definition) is 1. The summed E-state index contributed by atoms with van der Waals surface area (Å²) in [5.41, 5.74) is 2.10. The van der Waals surface area contributed by atoms with E-state index in [2.05, 4.69) is 28.5 Å². The third kappa shape index (κ3) is 4.39. The number of amides is 1. The van der Waals surface area contributed by atoms with Crippen molar-refractivity contribution in [3.8, 4) is 16.5 Å². The Kier molecular flexibility index (Phi) is 5.68. The predicted octanol–water partition coefficient (Wildman–Crippen LogP) is 4.66. The highest BCUT2D eigenvalue weighted by molar-refractivity contribution is 7.99. The highest BCUT2D eigenvalue weighted by atomic mass is 32.2. The maximum absolute atomic E-state index is 12.2. The Balaban J connectivity index is 1.35. The van der Waals surface area contributed by atoms with Gasteiger partial charge in [-0.25, -0.2) is 0 Å². The SMILES string of the molecule is COc1cccc(NC(=O)CSc2nnc(-c3cc4c(s3)CC[C@@H](C)C4)o2)c1. The molecule has 0 bridgehead atoms. The minimum atomic E-state index is -0.140. The minimum absolute atomic E-state index is 0.140. The molecule has 8 heteroatoms. The first kappa shape index (κ1) is 19.0. The number of aryl methyl sites for hydroxylation is 1. The van der Waals surface area contributed by atoms with E-state index in [1.165, 1.54) is 28.6 Å². The van der Waals surface area contributed by atoms with Gasteiger partial charge in [0.1, 0.15) is 5.75 Å². The summed E-state index contributed by atoms with van der Waals surface area (Å²) in [4.78, 5) is 14.6. The molecule has 1 aliphatic carbocycles. The number of hydrogen-bond acceptors (Lipinski definition) is 7. The minimum Gasteiger partial charge on any atom is -0.497 e. The summed E-state index contributed by atoms with van der Waals surface area (Å²) in [5.74, 6) is 2.00. The van der Waals surface area contributed by atoms with E-state index >= 15 is 0 Å². The van der Waals surface area contributed by atoms with Gasteiger partial charge in [-0.05, 0) is 48.9 Å². The fourth-order valence-electron chi connectivity index (χ4n) is 3.20. The Labute approximate surface area is 171 Å². The predicted molar refractivity (Wildman–Crippen MR) is 111 cm³/mol. The molecule has 0 spiro atoms. The fourth-order valence-corrected chi connectivity index (χ4v) is 4.90. The number of fused-ring (bicyclic) bond motifs is 1. The second kappa shape index (κ2) is 8.36. The van der Waals surface area contributed by atoms with Gasteiger partial charge in [0, 0.05) is 16.6 Å². The molecule has 0 saturated heterocycles. The Hall–Kier alpha value is -2.32. The van der Waals surface area contributed by atoms with Gasteiger partial charge in [-0.15, -0.1) is 21.5 Å². The van der Waals surface area contributed by atoms with Crippen LogP contribution in [0.1, 0.15) is 23.8 Å². The second-order valence-corrected chi connectivity index (χ2v) is 8.91. The van der Waals surface area contributed by atoms with Crippen LogP contribution in [0.3, 0.4) is 0 Å². The van der Waals surface area contributed by atoms with Crippen LogP contribution >= 0.6 is 23.1 Å². The first-order valence-corrected chi connectivity index (χ1v) is 10.9. The van der Waals surface area contributed by atoms with E-state index in [0.717, 1.165) is 23.6 Å². The maximum atomic E-state index is 12.2. The van der Waals surface area contributed by atoms with Crippen molar-refractivity contribution < 1.29 is 13.9 Å². The van der Waals surface area contributed by atoms with Crippen LogP contribution in [-0.4, -0.2) is 29.0 Å². The molecule has 3 aromatic rings. The lowest BCUT2D eigenvalue weighted by Crippen LogP contribution is -2.13. The van der Waals surface area contributed by atoms with Crippen molar-refractivity contribution in [2.75, 3.05) is 18.2 Å². The molecule has 1 N–H and O–H groups in total. The van der Waals surface area contributed by atoms with E-state index < -0.39 is 0 Å². The van der Waals surface area contributed by atoms with Gasteiger partial charge in [-0.2, -0.15) is 0 Å². The van der Waals surface area contributed by atoms with Crippen LogP contribution < -0.4 is 10.1 Å². The number of thiophene rings is 1. The standard InChI is InChI=1S/C20H21N3O3S2/c1-12-6-7-16-13(8-12)9-17(28-16)19-22-23-20(26-19)27-11-18(24)21-14-4-3-5-15(10-14)25-2/h3-5,9-10,12H,6-8,11H2,1-2H3,(H,21,24)/t12-/m1/s1. The van der Waals surface area contributed by atoms with Crippen molar-refractivity contribution in [2.24, 2.45) is 5.92 Å². The number of rotatable bonds is 6. The molecule has 0 fully saturated rings. The molecule has 0 radical (unpaired) electrons. The van der Waals surface area contributed by atoms with Crippen molar-refractivity contribution in [3.05, 3.63) is 40.8 Å². The average molecular weight is 416 g/mol. The van der Waals surface area contributed by atoms with Gasteiger partial charge in [0.15, 0.2) is 0 Å². The van der Waals surface area contributed by atoms with Crippen molar-refractivity contribution >= 4 is 34.7 Å². The van der Waals surface area contributed by atoms with E-state index in [-0.39, 0.29) is 11.7 Å². The molecule has 1 atom stereocenters. The molecule has 2 aromatic heterocycles. The second-order valence-electron chi connectivity index (χ2n) is 6.85. The Bertz CT molecular complexity index is 983. The molecule has 146 valence electrons. The number of carbonyl (C=O) groups excluding carboxylic acids is 1. The summed E-state index contributed by atoms with van der Waals surface area (Å²) < 4.78 is 10.9. The van der Waals surface area contributed by atoms with Crippen LogP contribution in [0.2, 0.25) is 0 Å². The summed E-state index contributed by atoms with van der Waals surface area (Å²) in [6, 6.07) is 9.41. The van der Waals surface area contributed by atoms with Crippen LogP contribution in [0.15, 0.2) is 40.0 Å². The van der Waals surface area contributed by atoms with Crippen LogP contribution in [0, 0.1) is 5.92 Å². The van der Waals surface area contributed by atoms with Crippen molar-refractivity contribution in [1.29, 1.82) is 0 Å². The summed E-state index contributed by atoms with van der Waals surface area (Å²) in [7, 11) is 1.59. The average Bonchev–Trinajstić information content (AvgIpc) is 3.33. The first-order chi connectivity index (χ1) is 13.6. The van der Waals surface area contributed by atoms with Gasteiger partial charge in [0.2, 0.25) is 5.91 Å². The quantitative estimate of drug-likeness (QED) is 0.590. The molecule has 6 nitrogen and oxygen atoms in total. The van der Waals surface area contributed by atoms with E-state index in [4.69, 9.17) is 9.15 Å². The highest BCUT2D eigenvalue weighted by Crippen LogP contribution is 2.37. The van der Waals surface area contributed by atoms with Crippen LogP contribution in [-0.2, 0) is 17.6 Å². The highest BCUT2D eigenvalue weighted by Gasteiger charge is 2.21. The van der Waals surface area contributed by atoms with Crippen LogP contribution in [0.5, 0.6) is 5.75 Å². The lowest BCUT2D eigenvalue weighted by atomic mass is 9.90. The van der Waals surface area contributed by atoms with Crippen LogP contribution in [0.25, 0.3) is 10.8 Å². The molecule has 0 unspecified atom stereocenters. The molecule has 0 saturated carbocycles. The largest absolute Gasteiger partial charge is 0.497 e. The molecule has 1 amide bonds. The number of anilines is 1. The van der Waals surface area contributed by atoms with Crippen molar-refractivity contribution in [3.63, 3.8) is 0 Å². The lowest BCUT2D eigenvalue weighted by Gasteiger charge is -2.16. The molecule has 1 aromatic carbocycles. The summed E-state index contributed by atoms with van der Waals surface area (Å²) in [5, 5.41) is 11.5. The number of carbonyl (C=O) groups is 1. The number of ether oxygens (including phenoxy) is 1. The molecule has 4 rings (SSSR count). The Morgan fingerprint density at radius 1 is 1.39 bits per heavy atom. The zero-order valence-corrected chi connectivity index (χ0v) is 17.4. The summed E-state index contributed by atoms with van der Waals surface area (Å²) in [6.45, 7) is 2.29. The third-order valence-corrected chi connectivity index (χ3v) is 6.67. The van der Waals surface area contributed by atoms with E-state index in [0.29, 0.717) is 22.6 Å². The first-order valence-electron chi connectivity index (χ1n) is 9.13. The molecular formula is C20H21N3O3S2. The number of benzene rings is 1. The van der Waals surface area contributed by atoms with E-state index in [1.807, 2.05) is 18.2 Å². The number of thioether (sulfide) groups is 1. The zero-order valence-electron chi connectivity index (χ0n) is 15.7. The van der Waals surface area contributed by atoms with Gasteiger partial charge in [0.05, 0.1) is 17.7 Å². The van der Waals surface area contributed by atoms with E-state index in [1.54, 1.807) is 24.5 Å². The third-order valence-electron chi connectivity index (χ3n) is 4.63. The van der Waals surface area contributed by atoms with Gasteiger partial charge in [0.25, 0.3) is 11.1 Å². The fraction of sp³-hybridized carbons (Fsp3) is 0.350. The maximum Gasteiger partial charge on any atom is 0.277 e. The van der Waals surface area contributed by atoms with Gasteiger partial charge in [-0.1, -0.05) is 24.8 Å². The number of nitrogens with zero attached hydrogens (tertiary/aromatic N) is 2. The monoisotopic (exact) mass is 415 g/mol. The number of nitrogens with one attached hydrogen (secondary N) is 1. The van der Waals surface area contributed by atoms with E-state index in [9.17, 15) is 4.79 Å². The zero-order chi connectivity index (χ0) is 19.5. The van der Waals surface area contributed by atoms with Gasteiger partial charge >= 0.3 is 0 Å². The molecule has 28 heavy (non-hydrogen) atoms. The van der Waals surface area contributed by atoms with Crippen molar-refractivity contribution in [2.45, 2.75) is 31.4 Å². The normalized spacial score (nSPS) is 15.9. The lowest BCUT2D eigenvalue weighted by molar-refractivity contribution is -0.113. The van der Waals surface area contributed by atoms with Gasteiger partial charge in [-0.3, -0.25) is 4.79 Å². The van der Waals surface area contributed by atoms with Gasteiger partial charge < -0.3 is 14.5 Å². The number of methoxy groups -OCH3 is 1.